The van der Waals surface area contributed by atoms with Crippen molar-refractivity contribution in [2.45, 2.75) is 38.3 Å². The molecule has 7 heteroatoms. The lowest BCUT2D eigenvalue weighted by Gasteiger charge is -2.27. The second-order valence-electron chi connectivity index (χ2n) is 5.46. The minimum absolute atomic E-state index is 0.182. The van der Waals surface area contributed by atoms with Gasteiger partial charge in [0.1, 0.15) is 5.82 Å². The molecule has 1 aromatic heterocycles. The van der Waals surface area contributed by atoms with Gasteiger partial charge in [0.05, 0.1) is 13.2 Å². The number of rotatable bonds is 4. The van der Waals surface area contributed by atoms with Crippen LogP contribution in [0.2, 0.25) is 0 Å². The van der Waals surface area contributed by atoms with Crippen LogP contribution in [0, 0.1) is 0 Å². The van der Waals surface area contributed by atoms with E-state index in [1.54, 1.807) is 0 Å². The van der Waals surface area contributed by atoms with Crippen molar-refractivity contribution in [3.63, 3.8) is 0 Å². The lowest BCUT2D eigenvalue weighted by molar-refractivity contribution is 0.116. The zero-order valence-corrected chi connectivity index (χ0v) is 12.3. The van der Waals surface area contributed by atoms with E-state index in [2.05, 4.69) is 19.9 Å². The Balaban J connectivity index is 2.14. The quantitative estimate of drug-likeness (QED) is 0.817. The second kappa shape index (κ2) is 6.81. The van der Waals surface area contributed by atoms with Crippen molar-refractivity contribution in [1.29, 1.82) is 0 Å². The molecule has 112 valence electrons. The Hall–Kier alpha value is -1.47. The van der Waals surface area contributed by atoms with Crippen LogP contribution in [0.1, 0.15) is 31.5 Å². The molecule has 1 saturated heterocycles. The molecule has 0 bridgehead atoms. The molecule has 1 atom stereocenters. The van der Waals surface area contributed by atoms with Crippen molar-refractivity contribution in [1.82, 2.24) is 19.9 Å². The number of hydrogen-bond acceptors (Lipinski definition) is 7. The highest BCUT2D eigenvalue weighted by atomic mass is 16.3. The summed E-state index contributed by atoms with van der Waals surface area (Å²) in [5.41, 5.74) is 5.74. The van der Waals surface area contributed by atoms with E-state index < -0.39 is 0 Å². The maximum atomic E-state index is 9.53. The van der Waals surface area contributed by atoms with Crippen molar-refractivity contribution < 1.29 is 5.11 Å². The van der Waals surface area contributed by atoms with Crippen molar-refractivity contribution >= 4 is 11.9 Å². The standard InChI is InChI=1S/C13H24N6O/c1-18(2)13-16-11(15-12(14)17-13)8-19-7-5-3-4-6-10(19)9-20/h10,20H,3-9H2,1-2H3,(H2,14,15,16,17)/t10-/m0/s1. The molecule has 0 aliphatic carbocycles. The van der Waals surface area contributed by atoms with E-state index in [-0.39, 0.29) is 18.6 Å². The first-order chi connectivity index (χ1) is 9.60. The summed E-state index contributed by atoms with van der Waals surface area (Å²) in [6, 6.07) is 0.193. The maximum absolute atomic E-state index is 9.53. The summed E-state index contributed by atoms with van der Waals surface area (Å²) in [5.74, 6) is 1.48. The number of hydrogen-bond donors (Lipinski definition) is 2. The fourth-order valence-corrected chi connectivity index (χ4v) is 2.53. The number of aliphatic hydroxyl groups is 1. The fraction of sp³-hybridized carbons (Fsp3) is 0.769. The highest BCUT2D eigenvalue weighted by molar-refractivity contribution is 5.32. The van der Waals surface area contributed by atoms with E-state index in [1.807, 2.05) is 19.0 Å². The molecular formula is C13H24N6O. The lowest BCUT2D eigenvalue weighted by Crippen LogP contribution is -2.37. The predicted octanol–water partition coefficient (Wildman–Crippen LogP) is 0.257. The van der Waals surface area contributed by atoms with Gasteiger partial charge in [-0.05, 0) is 19.4 Å². The summed E-state index contributed by atoms with van der Waals surface area (Å²) in [7, 11) is 3.75. The molecule has 0 aromatic carbocycles. The summed E-state index contributed by atoms with van der Waals surface area (Å²) < 4.78 is 0. The largest absolute Gasteiger partial charge is 0.395 e. The summed E-state index contributed by atoms with van der Waals surface area (Å²) in [4.78, 5) is 16.8. The third-order valence-corrected chi connectivity index (χ3v) is 3.64. The minimum atomic E-state index is 0.182. The third kappa shape index (κ3) is 3.77. The summed E-state index contributed by atoms with van der Waals surface area (Å²) in [6.07, 6.45) is 4.56. The van der Waals surface area contributed by atoms with Crippen molar-refractivity contribution in [2.75, 3.05) is 37.9 Å². The first kappa shape index (κ1) is 14.9. The molecule has 0 amide bonds. The number of likely N-dealkylation sites (tertiary alicyclic amines) is 1. The van der Waals surface area contributed by atoms with Crippen LogP contribution in [0.25, 0.3) is 0 Å². The van der Waals surface area contributed by atoms with E-state index in [4.69, 9.17) is 5.73 Å². The summed E-state index contributed by atoms with van der Waals surface area (Å²) in [5, 5.41) is 9.53. The molecule has 2 heterocycles. The molecule has 1 aliphatic heterocycles. The number of aromatic nitrogens is 3. The van der Waals surface area contributed by atoms with Gasteiger partial charge >= 0.3 is 0 Å². The Morgan fingerprint density at radius 2 is 2.05 bits per heavy atom. The monoisotopic (exact) mass is 280 g/mol. The molecule has 2 rings (SSSR count). The van der Waals surface area contributed by atoms with Gasteiger partial charge in [0, 0.05) is 20.1 Å². The van der Waals surface area contributed by atoms with Gasteiger partial charge in [0.25, 0.3) is 0 Å². The number of nitrogen functional groups attached to an aromatic ring is 1. The van der Waals surface area contributed by atoms with Crippen LogP contribution in [-0.2, 0) is 6.54 Å². The second-order valence-corrected chi connectivity index (χ2v) is 5.46. The molecular weight excluding hydrogens is 256 g/mol. The average molecular weight is 280 g/mol. The number of nitrogens with zero attached hydrogens (tertiary/aromatic N) is 5. The van der Waals surface area contributed by atoms with Gasteiger partial charge in [0.15, 0.2) is 0 Å². The van der Waals surface area contributed by atoms with Gasteiger partial charge in [-0.1, -0.05) is 12.8 Å². The highest BCUT2D eigenvalue weighted by Crippen LogP contribution is 2.18. The Morgan fingerprint density at radius 1 is 1.25 bits per heavy atom. The van der Waals surface area contributed by atoms with Gasteiger partial charge in [0.2, 0.25) is 11.9 Å². The van der Waals surface area contributed by atoms with E-state index in [1.165, 1.54) is 12.8 Å². The van der Waals surface area contributed by atoms with Crippen LogP contribution < -0.4 is 10.6 Å². The van der Waals surface area contributed by atoms with Crippen molar-refractivity contribution in [3.05, 3.63) is 5.82 Å². The molecule has 0 radical (unpaired) electrons. The molecule has 0 saturated carbocycles. The Kier molecular flexibility index (Phi) is 5.08. The van der Waals surface area contributed by atoms with Crippen molar-refractivity contribution in [3.8, 4) is 0 Å². The van der Waals surface area contributed by atoms with Gasteiger partial charge in [-0.15, -0.1) is 0 Å². The predicted molar refractivity (Wildman–Crippen MR) is 78.3 cm³/mol. The van der Waals surface area contributed by atoms with Crippen molar-refractivity contribution in [2.24, 2.45) is 0 Å². The third-order valence-electron chi connectivity index (χ3n) is 3.64. The Labute approximate surface area is 119 Å². The van der Waals surface area contributed by atoms with Gasteiger partial charge in [-0.2, -0.15) is 15.0 Å². The van der Waals surface area contributed by atoms with Gasteiger partial charge < -0.3 is 15.7 Å². The normalized spacial score (nSPS) is 20.6. The van der Waals surface area contributed by atoms with E-state index in [0.717, 1.165) is 19.4 Å². The smallest absolute Gasteiger partial charge is 0.229 e. The van der Waals surface area contributed by atoms with Crippen LogP contribution >= 0.6 is 0 Å². The van der Waals surface area contributed by atoms with E-state index >= 15 is 0 Å². The van der Waals surface area contributed by atoms with Crippen LogP contribution in [0.5, 0.6) is 0 Å². The molecule has 3 N–H and O–H groups in total. The fourth-order valence-electron chi connectivity index (χ4n) is 2.53. The number of aliphatic hydroxyl groups excluding tert-OH is 1. The molecule has 7 nitrogen and oxygen atoms in total. The van der Waals surface area contributed by atoms with E-state index in [0.29, 0.717) is 18.3 Å². The molecule has 1 fully saturated rings. The highest BCUT2D eigenvalue weighted by Gasteiger charge is 2.21. The lowest BCUT2D eigenvalue weighted by atomic mass is 10.1. The Morgan fingerprint density at radius 3 is 2.75 bits per heavy atom. The number of anilines is 2. The minimum Gasteiger partial charge on any atom is -0.395 e. The topological polar surface area (TPSA) is 91.4 Å². The molecule has 0 spiro atoms. The van der Waals surface area contributed by atoms with Gasteiger partial charge in [-0.25, -0.2) is 0 Å². The molecule has 1 aromatic rings. The molecule has 0 unspecified atom stereocenters. The Bertz CT molecular complexity index is 439. The maximum Gasteiger partial charge on any atom is 0.229 e. The first-order valence-electron chi connectivity index (χ1n) is 7.13. The number of nitrogens with two attached hydrogens (primary N) is 1. The zero-order valence-electron chi connectivity index (χ0n) is 12.3. The zero-order chi connectivity index (χ0) is 14.5. The SMILES string of the molecule is CN(C)c1nc(N)nc(CN2CCCCC[C@H]2CO)n1. The van der Waals surface area contributed by atoms with Crippen LogP contribution in [-0.4, -0.2) is 58.2 Å². The van der Waals surface area contributed by atoms with E-state index in [9.17, 15) is 5.11 Å². The molecule has 20 heavy (non-hydrogen) atoms. The van der Waals surface area contributed by atoms with Crippen LogP contribution in [0.15, 0.2) is 0 Å². The van der Waals surface area contributed by atoms with Gasteiger partial charge in [-0.3, -0.25) is 4.90 Å². The average Bonchev–Trinajstić information content (AvgIpc) is 2.63. The van der Waals surface area contributed by atoms with Crippen LogP contribution in [0.3, 0.4) is 0 Å². The summed E-state index contributed by atoms with van der Waals surface area (Å²) >= 11 is 0. The molecule has 1 aliphatic rings. The van der Waals surface area contributed by atoms with Crippen LogP contribution in [0.4, 0.5) is 11.9 Å². The first-order valence-corrected chi connectivity index (χ1v) is 7.13. The summed E-state index contributed by atoms with van der Waals surface area (Å²) in [6.45, 7) is 1.76.